The molecule has 2 aromatic rings. The van der Waals surface area contributed by atoms with E-state index in [0.29, 0.717) is 6.54 Å². The normalized spacial score (nSPS) is 19.2. The fourth-order valence-corrected chi connectivity index (χ4v) is 5.54. The third-order valence-corrected chi connectivity index (χ3v) is 7.22. The molecule has 4 rings (SSSR count). The van der Waals surface area contributed by atoms with Gasteiger partial charge < -0.3 is 15.2 Å². The fourth-order valence-electron chi connectivity index (χ4n) is 4.55. The number of hydrogen-bond acceptors (Lipinski definition) is 4. The van der Waals surface area contributed by atoms with Crippen molar-refractivity contribution >= 4 is 17.3 Å². The van der Waals surface area contributed by atoms with Gasteiger partial charge in [0.2, 0.25) is 0 Å². The Morgan fingerprint density at radius 3 is 2.86 bits per heavy atom. The lowest BCUT2D eigenvalue weighted by Crippen LogP contribution is -2.46. The van der Waals surface area contributed by atoms with E-state index in [4.69, 9.17) is 4.99 Å². The number of rotatable bonds is 6. The minimum Gasteiger partial charge on any atom is -0.357 e. The monoisotopic (exact) mass is 400 g/mol. The smallest absolute Gasteiger partial charge is 0.191 e. The van der Waals surface area contributed by atoms with Gasteiger partial charge in [-0.2, -0.15) is 0 Å². The van der Waals surface area contributed by atoms with Crippen molar-refractivity contribution in [2.24, 2.45) is 4.99 Å². The lowest BCUT2D eigenvalue weighted by Gasteiger charge is -2.37. The van der Waals surface area contributed by atoms with Crippen molar-refractivity contribution in [3.63, 3.8) is 0 Å². The predicted molar refractivity (Wildman–Crippen MR) is 115 cm³/mol. The molecule has 28 heavy (non-hydrogen) atoms. The highest BCUT2D eigenvalue weighted by atomic mass is 32.1. The molecule has 1 aliphatic heterocycles. The molecule has 2 aliphatic rings. The van der Waals surface area contributed by atoms with E-state index in [2.05, 4.69) is 49.8 Å². The van der Waals surface area contributed by atoms with E-state index in [1.807, 2.05) is 11.3 Å². The van der Waals surface area contributed by atoms with Gasteiger partial charge in [-0.05, 0) is 44.1 Å². The summed E-state index contributed by atoms with van der Waals surface area (Å²) in [5.74, 6) is 2.99. The Morgan fingerprint density at radius 2 is 2.07 bits per heavy atom. The Bertz CT molecular complexity index is 773. The van der Waals surface area contributed by atoms with E-state index in [0.717, 1.165) is 43.7 Å². The highest BCUT2D eigenvalue weighted by Gasteiger charge is 2.34. The molecular weight excluding hydrogens is 368 g/mol. The van der Waals surface area contributed by atoms with Crippen LogP contribution in [0.15, 0.2) is 22.5 Å². The first-order valence-electron chi connectivity index (χ1n) is 10.8. The molecule has 0 unspecified atom stereocenters. The second-order valence-electron chi connectivity index (χ2n) is 8.01. The van der Waals surface area contributed by atoms with Crippen LogP contribution in [0.5, 0.6) is 0 Å². The van der Waals surface area contributed by atoms with E-state index >= 15 is 0 Å². The summed E-state index contributed by atoms with van der Waals surface area (Å²) < 4.78 is 2.25. The first kappa shape index (κ1) is 19.4. The van der Waals surface area contributed by atoms with Crippen LogP contribution in [0.1, 0.15) is 68.4 Å². The van der Waals surface area contributed by atoms with Crippen molar-refractivity contribution in [2.45, 2.75) is 76.8 Å². The van der Waals surface area contributed by atoms with Crippen molar-refractivity contribution in [3.05, 3.63) is 34.0 Å². The van der Waals surface area contributed by atoms with Gasteiger partial charge in [0.05, 0.1) is 0 Å². The molecule has 7 heteroatoms. The molecule has 0 atom stereocenters. The van der Waals surface area contributed by atoms with Crippen molar-refractivity contribution in [3.8, 4) is 0 Å². The van der Waals surface area contributed by atoms with Crippen molar-refractivity contribution in [2.75, 3.05) is 13.1 Å². The standard InChI is InChI=1S/C21H32N6S/c1-2-22-20(23-15-19-26-25-18-10-4-7-13-27(18)19)24-16-21(11-5-3-6-12-21)17-9-8-14-28-17/h8-9,14H,2-7,10-13,15-16H2,1H3,(H2,22,23,24). The van der Waals surface area contributed by atoms with Gasteiger partial charge in [-0.3, -0.25) is 0 Å². The number of aliphatic imine (C=N–C) groups is 1. The molecule has 0 bridgehead atoms. The van der Waals surface area contributed by atoms with E-state index < -0.39 is 0 Å². The molecule has 0 spiro atoms. The van der Waals surface area contributed by atoms with Gasteiger partial charge in [-0.1, -0.05) is 25.3 Å². The van der Waals surface area contributed by atoms with Gasteiger partial charge in [-0.15, -0.1) is 21.5 Å². The summed E-state index contributed by atoms with van der Waals surface area (Å²) in [6.07, 6.45) is 9.99. The molecule has 3 heterocycles. The Kier molecular flexibility index (Phi) is 6.29. The maximum Gasteiger partial charge on any atom is 0.191 e. The summed E-state index contributed by atoms with van der Waals surface area (Å²) in [4.78, 5) is 6.35. The van der Waals surface area contributed by atoms with Crippen LogP contribution in [0.3, 0.4) is 0 Å². The maximum atomic E-state index is 4.84. The van der Waals surface area contributed by atoms with Crippen LogP contribution >= 0.6 is 11.3 Å². The number of aromatic nitrogens is 3. The largest absolute Gasteiger partial charge is 0.357 e. The molecule has 6 nitrogen and oxygen atoms in total. The second-order valence-corrected chi connectivity index (χ2v) is 8.96. The first-order valence-corrected chi connectivity index (χ1v) is 11.7. The zero-order valence-electron chi connectivity index (χ0n) is 16.9. The number of thiophene rings is 1. The third-order valence-electron chi connectivity index (χ3n) is 6.11. The summed E-state index contributed by atoms with van der Waals surface area (Å²) in [7, 11) is 0. The number of nitrogens with one attached hydrogen (secondary N) is 2. The predicted octanol–water partition coefficient (Wildman–Crippen LogP) is 3.63. The first-order chi connectivity index (χ1) is 13.8. The lowest BCUT2D eigenvalue weighted by molar-refractivity contribution is 0.296. The van der Waals surface area contributed by atoms with Crippen LogP contribution in [-0.2, 0) is 24.9 Å². The van der Waals surface area contributed by atoms with Crippen LogP contribution in [0.2, 0.25) is 0 Å². The Labute approximate surface area is 171 Å². The van der Waals surface area contributed by atoms with Crippen LogP contribution < -0.4 is 10.6 Å². The number of guanidine groups is 1. The Balaban J connectivity index is 1.45. The fraction of sp³-hybridized carbons (Fsp3) is 0.667. The highest BCUT2D eigenvalue weighted by Crippen LogP contribution is 2.41. The minimum absolute atomic E-state index is 0.247. The molecule has 0 radical (unpaired) electrons. The average Bonchev–Trinajstić information content (AvgIpc) is 3.41. The van der Waals surface area contributed by atoms with Gasteiger partial charge in [0.1, 0.15) is 12.4 Å². The molecule has 0 saturated heterocycles. The van der Waals surface area contributed by atoms with Crippen LogP contribution in [0.25, 0.3) is 0 Å². The second kappa shape index (κ2) is 9.07. The zero-order chi connectivity index (χ0) is 19.2. The SMILES string of the molecule is CCNC(=NCc1nnc2n1CCCC2)NCC1(c2cccs2)CCCCC1. The topological polar surface area (TPSA) is 67.1 Å². The minimum atomic E-state index is 0.247. The van der Waals surface area contributed by atoms with E-state index in [9.17, 15) is 0 Å². The van der Waals surface area contributed by atoms with E-state index in [-0.39, 0.29) is 5.41 Å². The number of aryl methyl sites for hydroxylation is 1. The molecule has 1 saturated carbocycles. The molecule has 2 N–H and O–H groups in total. The molecule has 0 amide bonds. The van der Waals surface area contributed by atoms with Gasteiger partial charge in [-0.25, -0.2) is 4.99 Å². The van der Waals surface area contributed by atoms with Crippen LogP contribution in [0, 0.1) is 0 Å². The molecule has 1 aliphatic carbocycles. The summed E-state index contributed by atoms with van der Waals surface area (Å²) in [5, 5.41) is 18.0. The molecule has 2 aromatic heterocycles. The van der Waals surface area contributed by atoms with Crippen molar-refractivity contribution in [1.82, 2.24) is 25.4 Å². The summed E-state index contributed by atoms with van der Waals surface area (Å²) in [5.41, 5.74) is 0.247. The van der Waals surface area contributed by atoms with E-state index in [1.165, 1.54) is 49.8 Å². The molecule has 1 fully saturated rings. The average molecular weight is 401 g/mol. The maximum absolute atomic E-state index is 4.84. The number of fused-ring (bicyclic) bond motifs is 1. The lowest BCUT2D eigenvalue weighted by atomic mass is 9.73. The van der Waals surface area contributed by atoms with Crippen molar-refractivity contribution in [1.29, 1.82) is 0 Å². The van der Waals surface area contributed by atoms with Crippen molar-refractivity contribution < 1.29 is 0 Å². The van der Waals surface area contributed by atoms with Gasteiger partial charge in [0.25, 0.3) is 0 Å². The van der Waals surface area contributed by atoms with E-state index in [1.54, 1.807) is 0 Å². The Hall–Kier alpha value is -1.89. The van der Waals surface area contributed by atoms with Gasteiger partial charge >= 0.3 is 0 Å². The summed E-state index contributed by atoms with van der Waals surface area (Å²) in [6, 6.07) is 4.49. The molecule has 0 aromatic carbocycles. The zero-order valence-corrected chi connectivity index (χ0v) is 17.7. The van der Waals surface area contributed by atoms with Crippen LogP contribution in [-0.4, -0.2) is 33.8 Å². The quantitative estimate of drug-likeness (QED) is 0.574. The summed E-state index contributed by atoms with van der Waals surface area (Å²) in [6.45, 7) is 5.52. The molecular formula is C21H32N6S. The third kappa shape index (κ3) is 4.24. The van der Waals surface area contributed by atoms with Crippen LogP contribution in [0.4, 0.5) is 0 Å². The number of nitrogens with zero attached hydrogens (tertiary/aromatic N) is 4. The van der Waals surface area contributed by atoms with Gasteiger partial charge in [0.15, 0.2) is 11.8 Å². The van der Waals surface area contributed by atoms with Gasteiger partial charge in [0, 0.05) is 36.3 Å². The Morgan fingerprint density at radius 1 is 1.18 bits per heavy atom. The summed E-state index contributed by atoms with van der Waals surface area (Å²) >= 11 is 1.90. The number of hydrogen-bond donors (Lipinski definition) is 2. The molecule has 152 valence electrons. The highest BCUT2D eigenvalue weighted by molar-refractivity contribution is 7.10.